The van der Waals surface area contributed by atoms with Gasteiger partial charge < -0.3 is 10.2 Å². The first-order valence-electron chi connectivity index (χ1n) is 6.89. The topological polar surface area (TPSA) is 71.2 Å². The van der Waals surface area contributed by atoms with Crippen molar-refractivity contribution in [1.29, 1.82) is 0 Å². The molecule has 0 radical (unpaired) electrons. The SMILES string of the molecule is CCCNC1CCCN(c2cncc3nnnn23)C1. The van der Waals surface area contributed by atoms with E-state index in [0.717, 1.165) is 25.5 Å². The van der Waals surface area contributed by atoms with Crippen LogP contribution in [0.25, 0.3) is 5.65 Å². The van der Waals surface area contributed by atoms with E-state index in [1.54, 1.807) is 10.7 Å². The number of fused-ring (bicyclic) bond motifs is 1. The maximum atomic E-state index is 4.22. The van der Waals surface area contributed by atoms with Crippen molar-refractivity contribution in [3.05, 3.63) is 12.4 Å². The number of tetrazole rings is 1. The fourth-order valence-corrected chi connectivity index (χ4v) is 2.58. The second kappa shape index (κ2) is 5.48. The lowest BCUT2D eigenvalue weighted by molar-refractivity contribution is 0.420. The van der Waals surface area contributed by atoms with Crippen molar-refractivity contribution in [2.75, 3.05) is 24.5 Å². The van der Waals surface area contributed by atoms with Crippen LogP contribution < -0.4 is 10.2 Å². The predicted molar refractivity (Wildman–Crippen MR) is 72.1 cm³/mol. The summed E-state index contributed by atoms with van der Waals surface area (Å²) in [6.45, 7) is 5.29. The lowest BCUT2D eigenvalue weighted by atomic mass is 10.1. The zero-order valence-corrected chi connectivity index (χ0v) is 11.2. The number of rotatable bonds is 4. The minimum absolute atomic E-state index is 0.542. The molecule has 0 aliphatic carbocycles. The van der Waals surface area contributed by atoms with Gasteiger partial charge in [-0.15, -0.1) is 5.10 Å². The maximum Gasteiger partial charge on any atom is 0.199 e. The van der Waals surface area contributed by atoms with Gasteiger partial charge >= 0.3 is 0 Å². The number of anilines is 1. The summed E-state index contributed by atoms with van der Waals surface area (Å²) < 4.78 is 1.76. The van der Waals surface area contributed by atoms with Gasteiger partial charge in [0.25, 0.3) is 0 Å². The summed E-state index contributed by atoms with van der Waals surface area (Å²) >= 11 is 0. The smallest absolute Gasteiger partial charge is 0.199 e. The second-order valence-electron chi connectivity index (χ2n) is 4.95. The van der Waals surface area contributed by atoms with Crippen LogP contribution >= 0.6 is 0 Å². The van der Waals surface area contributed by atoms with Gasteiger partial charge in [0, 0.05) is 19.1 Å². The monoisotopic (exact) mass is 261 g/mol. The molecule has 0 spiro atoms. The van der Waals surface area contributed by atoms with Crippen molar-refractivity contribution in [2.24, 2.45) is 0 Å². The summed E-state index contributed by atoms with van der Waals surface area (Å²) in [5.41, 5.74) is 0.696. The van der Waals surface area contributed by atoms with Crippen LogP contribution in [0.4, 0.5) is 5.82 Å². The molecule has 19 heavy (non-hydrogen) atoms. The summed E-state index contributed by atoms with van der Waals surface area (Å²) in [4.78, 5) is 6.53. The first-order valence-corrected chi connectivity index (χ1v) is 6.89. The number of hydrogen-bond acceptors (Lipinski definition) is 6. The van der Waals surface area contributed by atoms with E-state index in [4.69, 9.17) is 0 Å². The highest BCUT2D eigenvalue weighted by Gasteiger charge is 2.21. The Morgan fingerprint density at radius 1 is 1.42 bits per heavy atom. The van der Waals surface area contributed by atoms with Crippen LogP contribution in [-0.4, -0.2) is 50.7 Å². The van der Waals surface area contributed by atoms with Crippen LogP contribution in [0.3, 0.4) is 0 Å². The van der Waals surface area contributed by atoms with Crippen molar-refractivity contribution in [3.63, 3.8) is 0 Å². The summed E-state index contributed by atoms with van der Waals surface area (Å²) in [7, 11) is 0. The molecule has 0 saturated carbocycles. The fraction of sp³-hybridized carbons (Fsp3) is 0.667. The number of nitrogens with one attached hydrogen (secondary N) is 1. The van der Waals surface area contributed by atoms with Crippen LogP contribution in [0, 0.1) is 0 Å². The summed E-state index contributed by atoms with van der Waals surface area (Å²) in [5, 5.41) is 15.3. The summed E-state index contributed by atoms with van der Waals surface area (Å²) in [6.07, 6.45) is 7.10. The third kappa shape index (κ3) is 2.51. The molecule has 2 aromatic heterocycles. The molecule has 1 saturated heterocycles. The van der Waals surface area contributed by atoms with Crippen molar-refractivity contribution in [1.82, 2.24) is 30.3 Å². The zero-order valence-electron chi connectivity index (χ0n) is 11.2. The lowest BCUT2D eigenvalue weighted by Crippen LogP contribution is -2.46. The molecule has 0 aromatic carbocycles. The van der Waals surface area contributed by atoms with E-state index < -0.39 is 0 Å². The van der Waals surface area contributed by atoms with E-state index in [-0.39, 0.29) is 0 Å². The van der Waals surface area contributed by atoms with Crippen LogP contribution in [0.5, 0.6) is 0 Å². The van der Waals surface area contributed by atoms with Gasteiger partial charge in [-0.25, -0.2) is 0 Å². The molecule has 7 heteroatoms. The maximum absolute atomic E-state index is 4.22. The molecule has 3 heterocycles. The van der Waals surface area contributed by atoms with Gasteiger partial charge in [-0.2, -0.15) is 4.52 Å². The highest BCUT2D eigenvalue weighted by Crippen LogP contribution is 2.19. The molecule has 0 bridgehead atoms. The minimum Gasteiger partial charge on any atom is -0.354 e. The number of aromatic nitrogens is 5. The summed E-state index contributed by atoms with van der Waals surface area (Å²) in [5.74, 6) is 0.977. The fourth-order valence-electron chi connectivity index (χ4n) is 2.58. The average Bonchev–Trinajstić information content (AvgIpc) is 2.93. The molecule has 1 aliphatic heterocycles. The highest BCUT2D eigenvalue weighted by molar-refractivity contribution is 5.46. The Morgan fingerprint density at radius 3 is 3.26 bits per heavy atom. The third-order valence-electron chi connectivity index (χ3n) is 3.52. The normalized spacial score (nSPS) is 20.1. The largest absolute Gasteiger partial charge is 0.354 e. The molecule has 1 fully saturated rings. The first-order chi connectivity index (χ1) is 9.38. The zero-order chi connectivity index (χ0) is 13.1. The molecule has 1 unspecified atom stereocenters. The third-order valence-corrected chi connectivity index (χ3v) is 3.52. The number of hydrogen-bond donors (Lipinski definition) is 1. The Balaban J connectivity index is 1.79. The summed E-state index contributed by atoms with van der Waals surface area (Å²) in [6, 6.07) is 0.542. The van der Waals surface area contributed by atoms with E-state index >= 15 is 0 Å². The second-order valence-corrected chi connectivity index (χ2v) is 4.95. The number of nitrogens with zero attached hydrogens (tertiary/aromatic N) is 6. The van der Waals surface area contributed by atoms with Crippen molar-refractivity contribution >= 4 is 11.5 Å². The Kier molecular flexibility index (Phi) is 3.54. The molecule has 1 aliphatic rings. The Labute approximate surface area is 112 Å². The van der Waals surface area contributed by atoms with Gasteiger partial charge in [-0.1, -0.05) is 6.92 Å². The highest BCUT2D eigenvalue weighted by atomic mass is 15.5. The number of piperidine rings is 1. The minimum atomic E-state index is 0.542. The first kappa shape index (κ1) is 12.3. The van der Waals surface area contributed by atoms with E-state index in [1.807, 2.05) is 6.20 Å². The molecule has 7 nitrogen and oxygen atoms in total. The van der Waals surface area contributed by atoms with Crippen LogP contribution in [0.1, 0.15) is 26.2 Å². The molecular formula is C12H19N7. The Morgan fingerprint density at radius 2 is 2.37 bits per heavy atom. The van der Waals surface area contributed by atoms with Gasteiger partial charge in [-0.3, -0.25) is 4.98 Å². The van der Waals surface area contributed by atoms with E-state index in [0.29, 0.717) is 11.7 Å². The standard InChI is InChI=1S/C12H19N7/c1-2-5-14-10-4-3-6-18(9-10)12-8-13-7-11-15-16-17-19(11)12/h7-8,10,14H,2-6,9H2,1H3. The molecule has 1 N–H and O–H groups in total. The van der Waals surface area contributed by atoms with E-state index in [2.05, 4.69) is 37.6 Å². The Bertz CT molecular complexity index is 538. The van der Waals surface area contributed by atoms with Crippen molar-refractivity contribution < 1.29 is 0 Å². The van der Waals surface area contributed by atoms with Gasteiger partial charge in [-0.05, 0) is 36.2 Å². The molecule has 102 valence electrons. The predicted octanol–water partition coefficient (Wildman–Crippen LogP) is 0.488. The Hall–Kier alpha value is -1.76. The molecule has 1 atom stereocenters. The van der Waals surface area contributed by atoms with Gasteiger partial charge in [0.2, 0.25) is 0 Å². The van der Waals surface area contributed by atoms with Gasteiger partial charge in [0.05, 0.1) is 12.4 Å². The van der Waals surface area contributed by atoms with Crippen molar-refractivity contribution in [2.45, 2.75) is 32.2 Å². The molecular weight excluding hydrogens is 242 g/mol. The van der Waals surface area contributed by atoms with Crippen LogP contribution in [-0.2, 0) is 0 Å². The quantitative estimate of drug-likeness (QED) is 0.863. The van der Waals surface area contributed by atoms with Crippen molar-refractivity contribution in [3.8, 4) is 0 Å². The molecule has 2 aromatic rings. The molecule has 0 amide bonds. The van der Waals surface area contributed by atoms with E-state index in [1.165, 1.54) is 19.3 Å². The van der Waals surface area contributed by atoms with Gasteiger partial charge in [0.1, 0.15) is 0 Å². The molecule has 3 rings (SSSR count). The van der Waals surface area contributed by atoms with Crippen LogP contribution in [0.2, 0.25) is 0 Å². The van der Waals surface area contributed by atoms with Gasteiger partial charge in [0.15, 0.2) is 11.5 Å². The lowest BCUT2D eigenvalue weighted by Gasteiger charge is -2.34. The van der Waals surface area contributed by atoms with E-state index in [9.17, 15) is 0 Å². The average molecular weight is 261 g/mol. The van der Waals surface area contributed by atoms with Crippen LogP contribution in [0.15, 0.2) is 12.4 Å².